The van der Waals surface area contributed by atoms with Gasteiger partial charge in [0.05, 0.1) is 6.04 Å². The molecule has 13 heteroatoms. The quantitative estimate of drug-likeness (QED) is 0.218. The molecule has 0 aliphatic carbocycles. The third-order valence-electron chi connectivity index (χ3n) is 7.21. The van der Waals surface area contributed by atoms with E-state index in [9.17, 15) is 33.9 Å². The Bertz CT molecular complexity index is 896. The first-order valence-electron chi connectivity index (χ1n) is 12.8. The number of likely N-dealkylation sites (tertiary alicyclic amines) is 2. The molecule has 0 saturated carbocycles. The van der Waals surface area contributed by atoms with Gasteiger partial charge in [0, 0.05) is 19.5 Å². The highest BCUT2D eigenvalue weighted by Gasteiger charge is 2.43. The number of amides is 4. The molecule has 0 aromatic heterocycles. The van der Waals surface area contributed by atoms with Gasteiger partial charge in [-0.25, -0.2) is 4.79 Å². The van der Waals surface area contributed by atoms with Gasteiger partial charge in [-0.05, 0) is 44.9 Å². The number of hydrogen-bond acceptors (Lipinski definition) is 7. The number of carboxylic acid groups (broad SMARTS) is 2. The summed E-state index contributed by atoms with van der Waals surface area (Å²) in [7, 11) is 0. The molecular weight excluding hydrogens is 486 g/mol. The SMILES string of the molecule is CC[C@H](C)[C@H](N)C(=O)N[C@@H](C)C(=O)N1CCC[C@H]1C(=O)N1CCC[C@H]1C(=O)N[C@@H](CCC(=O)O)C(=O)O. The summed E-state index contributed by atoms with van der Waals surface area (Å²) in [5, 5.41) is 23.2. The number of rotatable bonds is 12. The summed E-state index contributed by atoms with van der Waals surface area (Å²) in [6, 6.07) is -4.75. The Morgan fingerprint density at radius 1 is 0.946 bits per heavy atom. The lowest BCUT2D eigenvalue weighted by Crippen LogP contribution is -2.57. The van der Waals surface area contributed by atoms with Crippen LogP contribution < -0.4 is 16.4 Å². The van der Waals surface area contributed by atoms with E-state index in [4.69, 9.17) is 10.8 Å². The Morgan fingerprint density at radius 3 is 2.11 bits per heavy atom. The van der Waals surface area contributed by atoms with Gasteiger partial charge in [-0.1, -0.05) is 20.3 Å². The van der Waals surface area contributed by atoms with Crippen LogP contribution in [0.15, 0.2) is 0 Å². The third kappa shape index (κ3) is 7.63. The van der Waals surface area contributed by atoms with E-state index < -0.39 is 72.2 Å². The lowest BCUT2D eigenvalue weighted by Gasteiger charge is -2.32. The Kier molecular flexibility index (Phi) is 10.8. The van der Waals surface area contributed by atoms with E-state index in [1.54, 1.807) is 6.92 Å². The third-order valence-corrected chi connectivity index (χ3v) is 7.21. The van der Waals surface area contributed by atoms with Crippen LogP contribution in [0.5, 0.6) is 0 Å². The van der Waals surface area contributed by atoms with Gasteiger partial charge in [-0.2, -0.15) is 0 Å². The zero-order chi connectivity index (χ0) is 27.9. The van der Waals surface area contributed by atoms with Crippen LogP contribution in [0.4, 0.5) is 0 Å². The van der Waals surface area contributed by atoms with E-state index in [0.29, 0.717) is 38.6 Å². The van der Waals surface area contributed by atoms with E-state index >= 15 is 0 Å². The zero-order valence-corrected chi connectivity index (χ0v) is 21.6. The maximum absolute atomic E-state index is 13.4. The number of carboxylic acids is 2. The second kappa shape index (κ2) is 13.4. The average molecular weight is 526 g/mol. The molecule has 37 heavy (non-hydrogen) atoms. The van der Waals surface area contributed by atoms with Crippen LogP contribution in [0.25, 0.3) is 0 Å². The highest BCUT2D eigenvalue weighted by atomic mass is 16.4. The molecule has 0 aromatic carbocycles. The van der Waals surface area contributed by atoms with Crippen LogP contribution in [-0.4, -0.2) is 98.9 Å². The number of aliphatic carboxylic acids is 2. The minimum Gasteiger partial charge on any atom is -0.481 e. The van der Waals surface area contributed by atoms with Crippen LogP contribution in [-0.2, 0) is 28.8 Å². The van der Waals surface area contributed by atoms with Crippen LogP contribution >= 0.6 is 0 Å². The van der Waals surface area contributed by atoms with Crippen molar-refractivity contribution in [3.63, 3.8) is 0 Å². The monoisotopic (exact) mass is 525 g/mol. The maximum atomic E-state index is 13.4. The number of carbonyl (C=O) groups excluding carboxylic acids is 4. The molecule has 0 aromatic rings. The number of hydrogen-bond donors (Lipinski definition) is 5. The molecule has 0 bridgehead atoms. The van der Waals surface area contributed by atoms with E-state index in [1.165, 1.54) is 9.80 Å². The first-order valence-corrected chi connectivity index (χ1v) is 12.8. The predicted octanol–water partition coefficient (Wildman–Crippen LogP) is -0.719. The summed E-state index contributed by atoms with van der Waals surface area (Å²) in [6.45, 7) is 5.90. The standard InChI is InChI=1S/C24H39N5O8/c1-4-13(2)19(25)21(33)26-14(3)22(34)29-12-6-8-17(29)23(35)28-11-5-7-16(28)20(32)27-15(24(36)37)9-10-18(30)31/h13-17,19H,4-12,25H2,1-3H3,(H,26,33)(H,27,32)(H,30,31)(H,36,37)/t13-,14-,15-,16-,17-,19-/m0/s1. The minimum absolute atomic E-state index is 0.0634. The molecule has 0 unspecified atom stereocenters. The van der Waals surface area contributed by atoms with Crippen LogP contribution in [0, 0.1) is 5.92 Å². The second-order valence-electron chi connectivity index (χ2n) is 9.85. The summed E-state index contributed by atoms with van der Waals surface area (Å²) in [5.74, 6) is -4.54. The number of nitrogens with two attached hydrogens (primary N) is 1. The molecule has 2 fully saturated rings. The van der Waals surface area contributed by atoms with Gasteiger partial charge < -0.3 is 36.4 Å². The molecule has 13 nitrogen and oxygen atoms in total. The van der Waals surface area contributed by atoms with Gasteiger partial charge in [0.2, 0.25) is 23.6 Å². The molecule has 0 spiro atoms. The molecular formula is C24H39N5O8. The lowest BCUT2D eigenvalue weighted by molar-refractivity contribution is -0.148. The van der Waals surface area contributed by atoms with E-state index in [-0.39, 0.29) is 18.9 Å². The van der Waals surface area contributed by atoms with Crippen LogP contribution in [0.2, 0.25) is 0 Å². The van der Waals surface area contributed by atoms with Gasteiger partial charge in [-0.15, -0.1) is 0 Å². The topological polar surface area (TPSA) is 199 Å². The first kappa shape index (κ1) is 30.0. The fourth-order valence-electron chi connectivity index (χ4n) is 4.71. The first-order chi connectivity index (χ1) is 17.4. The van der Waals surface area contributed by atoms with Crippen molar-refractivity contribution in [2.24, 2.45) is 11.7 Å². The van der Waals surface area contributed by atoms with Crippen LogP contribution in [0.1, 0.15) is 65.7 Å². The van der Waals surface area contributed by atoms with Crippen molar-refractivity contribution in [3.8, 4) is 0 Å². The minimum atomic E-state index is -1.39. The second-order valence-corrected chi connectivity index (χ2v) is 9.85. The molecule has 4 amide bonds. The lowest BCUT2D eigenvalue weighted by atomic mass is 9.99. The van der Waals surface area contributed by atoms with E-state index in [0.717, 1.165) is 0 Å². The van der Waals surface area contributed by atoms with Gasteiger partial charge in [0.1, 0.15) is 24.2 Å². The smallest absolute Gasteiger partial charge is 0.326 e. The summed E-state index contributed by atoms with van der Waals surface area (Å²) >= 11 is 0. The van der Waals surface area contributed by atoms with Gasteiger partial charge in [0.15, 0.2) is 0 Å². The zero-order valence-electron chi connectivity index (χ0n) is 21.6. The largest absolute Gasteiger partial charge is 0.481 e. The van der Waals surface area contributed by atoms with Crippen molar-refractivity contribution >= 4 is 35.6 Å². The molecule has 2 aliphatic heterocycles. The average Bonchev–Trinajstić information content (AvgIpc) is 3.54. The molecule has 2 rings (SSSR count). The van der Waals surface area contributed by atoms with Crippen molar-refractivity contribution < 1.29 is 39.0 Å². The van der Waals surface area contributed by atoms with Crippen molar-refractivity contribution in [2.45, 2.75) is 95.9 Å². The van der Waals surface area contributed by atoms with E-state index in [2.05, 4.69) is 10.6 Å². The molecule has 2 heterocycles. The Labute approximate surface area is 216 Å². The molecule has 0 radical (unpaired) electrons. The molecule has 6 atom stereocenters. The van der Waals surface area contributed by atoms with Crippen molar-refractivity contribution in [1.82, 2.24) is 20.4 Å². The molecule has 2 aliphatic rings. The van der Waals surface area contributed by atoms with Crippen molar-refractivity contribution in [2.75, 3.05) is 13.1 Å². The fraction of sp³-hybridized carbons (Fsp3) is 0.750. The summed E-state index contributed by atoms with van der Waals surface area (Å²) < 4.78 is 0. The predicted molar refractivity (Wildman–Crippen MR) is 131 cm³/mol. The maximum Gasteiger partial charge on any atom is 0.326 e. The Balaban J connectivity index is 2.06. The fourth-order valence-corrected chi connectivity index (χ4v) is 4.71. The van der Waals surface area contributed by atoms with Gasteiger partial charge in [0.25, 0.3) is 0 Å². The number of nitrogens with one attached hydrogen (secondary N) is 2. The summed E-state index contributed by atoms with van der Waals surface area (Å²) in [4.78, 5) is 76.9. The molecule has 208 valence electrons. The normalized spacial score (nSPS) is 22.6. The van der Waals surface area contributed by atoms with E-state index in [1.807, 2.05) is 13.8 Å². The van der Waals surface area contributed by atoms with Crippen molar-refractivity contribution in [3.05, 3.63) is 0 Å². The number of nitrogens with zero attached hydrogens (tertiary/aromatic N) is 2. The Hall–Kier alpha value is -3.22. The highest BCUT2D eigenvalue weighted by molar-refractivity contribution is 5.96. The summed E-state index contributed by atoms with van der Waals surface area (Å²) in [6.07, 6.45) is 1.82. The number of carbonyl (C=O) groups is 6. The Morgan fingerprint density at radius 2 is 1.54 bits per heavy atom. The molecule has 6 N–H and O–H groups in total. The van der Waals surface area contributed by atoms with Gasteiger partial charge >= 0.3 is 11.9 Å². The van der Waals surface area contributed by atoms with Crippen molar-refractivity contribution in [1.29, 1.82) is 0 Å². The summed E-state index contributed by atoms with van der Waals surface area (Å²) in [5.41, 5.74) is 5.96. The molecule has 2 saturated heterocycles. The van der Waals surface area contributed by atoms with Crippen LogP contribution in [0.3, 0.4) is 0 Å². The van der Waals surface area contributed by atoms with Gasteiger partial charge in [-0.3, -0.25) is 24.0 Å². The highest BCUT2D eigenvalue weighted by Crippen LogP contribution is 2.26.